The Kier molecular flexibility index (Phi) is 3.01. The topological polar surface area (TPSA) is 85.3 Å². The van der Waals surface area contributed by atoms with Gasteiger partial charge >= 0.3 is 5.97 Å². The number of oxazole rings is 1. The summed E-state index contributed by atoms with van der Waals surface area (Å²) in [4.78, 5) is 26.8. The molecule has 0 saturated carbocycles. The van der Waals surface area contributed by atoms with Crippen LogP contribution in [0.15, 0.2) is 27.4 Å². The molecule has 0 aromatic carbocycles. The summed E-state index contributed by atoms with van der Waals surface area (Å²) in [6.07, 6.45) is 0. The van der Waals surface area contributed by atoms with Crippen molar-refractivity contribution in [2.24, 2.45) is 0 Å². The Hall–Kier alpha value is -2.37. The van der Waals surface area contributed by atoms with Crippen molar-refractivity contribution >= 4 is 5.97 Å². The molecule has 6 nitrogen and oxygen atoms in total. The molecule has 6 heteroatoms. The first-order valence-corrected chi connectivity index (χ1v) is 5.35. The molecule has 94 valence electrons. The van der Waals surface area contributed by atoms with Crippen LogP contribution >= 0.6 is 0 Å². The van der Waals surface area contributed by atoms with E-state index in [2.05, 4.69) is 4.98 Å². The largest absolute Gasteiger partial charge is 0.477 e. The van der Waals surface area contributed by atoms with Crippen LogP contribution in [0, 0.1) is 13.8 Å². The number of carboxylic acid groups (broad SMARTS) is 1. The van der Waals surface area contributed by atoms with E-state index in [0.29, 0.717) is 11.7 Å². The third-order valence-electron chi connectivity index (χ3n) is 2.64. The third kappa shape index (κ3) is 2.17. The van der Waals surface area contributed by atoms with Crippen LogP contribution in [0.2, 0.25) is 0 Å². The number of carbonyl (C=O) groups is 1. The van der Waals surface area contributed by atoms with E-state index >= 15 is 0 Å². The zero-order valence-corrected chi connectivity index (χ0v) is 10.0. The molecular formula is C12H12N2O4. The van der Waals surface area contributed by atoms with E-state index in [0.717, 1.165) is 10.3 Å². The lowest BCUT2D eigenvalue weighted by molar-refractivity contribution is 0.0683. The first-order chi connectivity index (χ1) is 8.49. The Morgan fingerprint density at radius 1 is 1.44 bits per heavy atom. The highest BCUT2D eigenvalue weighted by molar-refractivity contribution is 5.85. The molecule has 2 aromatic rings. The third-order valence-corrected chi connectivity index (χ3v) is 2.64. The van der Waals surface area contributed by atoms with Gasteiger partial charge in [0.15, 0.2) is 0 Å². The predicted octanol–water partition coefficient (Wildman–Crippen LogP) is 1.20. The lowest BCUT2D eigenvalue weighted by Crippen LogP contribution is -2.25. The van der Waals surface area contributed by atoms with Crippen molar-refractivity contribution in [1.82, 2.24) is 9.55 Å². The van der Waals surface area contributed by atoms with Crippen molar-refractivity contribution < 1.29 is 14.3 Å². The normalized spacial score (nSPS) is 10.6. The molecule has 0 unspecified atom stereocenters. The van der Waals surface area contributed by atoms with Gasteiger partial charge in [-0.3, -0.25) is 9.36 Å². The van der Waals surface area contributed by atoms with Gasteiger partial charge in [0.1, 0.15) is 18.0 Å². The zero-order chi connectivity index (χ0) is 13.3. The van der Waals surface area contributed by atoms with Crippen molar-refractivity contribution in [3.8, 4) is 0 Å². The maximum atomic E-state index is 11.7. The van der Waals surface area contributed by atoms with Gasteiger partial charge in [-0.05, 0) is 19.9 Å². The molecule has 0 spiro atoms. The summed E-state index contributed by atoms with van der Waals surface area (Å²) in [5.41, 5.74) is 0.241. The molecule has 0 bridgehead atoms. The maximum absolute atomic E-state index is 11.7. The van der Waals surface area contributed by atoms with Gasteiger partial charge in [-0.2, -0.15) is 0 Å². The number of carboxylic acids is 1. The molecule has 18 heavy (non-hydrogen) atoms. The number of aromatic nitrogens is 2. The highest BCUT2D eigenvalue weighted by Gasteiger charge is 2.13. The summed E-state index contributed by atoms with van der Waals surface area (Å²) in [5, 5.41) is 9.02. The van der Waals surface area contributed by atoms with Gasteiger partial charge in [0, 0.05) is 6.07 Å². The Morgan fingerprint density at radius 3 is 2.72 bits per heavy atom. The van der Waals surface area contributed by atoms with Gasteiger partial charge in [0.25, 0.3) is 5.56 Å². The van der Waals surface area contributed by atoms with Gasteiger partial charge in [-0.15, -0.1) is 0 Å². The number of rotatable bonds is 3. The number of nitrogens with zero attached hydrogens (tertiary/aromatic N) is 2. The second-order valence-corrected chi connectivity index (χ2v) is 3.89. The summed E-state index contributed by atoms with van der Waals surface area (Å²) in [5.74, 6) is -0.181. The molecule has 0 saturated heterocycles. The van der Waals surface area contributed by atoms with E-state index in [1.54, 1.807) is 13.8 Å². The molecule has 0 fully saturated rings. The molecule has 2 heterocycles. The molecular weight excluding hydrogens is 236 g/mol. The first kappa shape index (κ1) is 12.1. The van der Waals surface area contributed by atoms with Gasteiger partial charge < -0.3 is 9.52 Å². The smallest absolute Gasteiger partial charge is 0.352 e. The van der Waals surface area contributed by atoms with Crippen LogP contribution < -0.4 is 5.56 Å². The fraction of sp³-hybridized carbons (Fsp3) is 0.250. The fourth-order valence-electron chi connectivity index (χ4n) is 1.61. The highest BCUT2D eigenvalue weighted by atomic mass is 16.4. The quantitative estimate of drug-likeness (QED) is 0.882. The Labute approximate surface area is 103 Å². The van der Waals surface area contributed by atoms with Crippen molar-refractivity contribution in [2.75, 3.05) is 0 Å². The Morgan fingerprint density at radius 2 is 2.17 bits per heavy atom. The van der Waals surface area contributed by atoms with Crippen molar-refractivity contribution in [3.63, 3.8) is 0 Å². The van der Waals surface area contributed by atoms with E-state index in [4.69, 9.17) is 9.52 Å². The van der Waals surface area contributed by atoms with E-state index in [9.17, 15) is 9.59 Å². The van der Waals surface area contributed by atoms with E-state index in [-0.39, 0.29) is 12.2 Å². The second-order valence-electron chi connectivity index (χ2n) is 3.89. The average molecular weight is 248 g/mol. The van der Waals surface area contributed by atoms with Crippen LogP contribution in [0.4, 0.5) is 0 Å². The van der Waals surface area contributed by atoms with Gasteiger partial charge in [-0.1, -0.05) is 6.07 Å². The predicted molar refractivity (Wildman–Crippen MR) is 62.7 cm³/mol. The van der Waals surface area contributed by atoms with Crippen LogP contribution in [0.5, 0.6) is 0 Å². The minimum atomic E-state index is -1.16. The molecule has 0 atom stereocenters. The van der Waals surface area contributed by atoms with Gasteiger partial charge in [0.05, 0.1) is 5.69 Å². The maximum Gasteiger partial charge on any atom is 0.352 e. The number of hydrogen-bond acceptors (Lipinski definition) is 4. The van der Waals surface area contributed by atoms with Crippen molar-refractivity contribution in [2.45, 2.75) is 20.4 Å². The highest BCUT2D eigenvalue weighted by Crippen LogP contribution is 2.10. The molecule has 2 rings (SSSR count). The summed E-state index contributed by atoms with van der Waals surface area (Å²) in [6.45, 7) is 3.56. The molecule has 0 radical (unpaired) electrons. The summed E-state index contributed by atoms with van der Waals surface area (Å²) in [6, 6.07) is 4.08. The van der Waals surface area contributed by atoms with E-state index < -0.39 is 11.5 Å². The fourth-order valence-corrected chi connectivity index (χ4v) is 1.61. The minimum Gasteiger partial charge on any atom is -0.477 e. The van der Waals surface area contributed by atoms with E-state index in [1.807, 2.05) is 0 Å². The summed E-state index contributed by atoms with van der Waals surface area (Å²) >= 11 is 0. The van der Waals surface area contributed by atoms with Crippen LogP contribution in [0.3, 0.4) is 0 Å². The number of hydrogen-bond donors (Lipinski definition) is 1. The van der Waals surface area contributed by atoms with Crippen LogP contribution in [-0.4, -0.2) is 20.6 Å². The van der Waals surface area contributed by atoms with Crippen LogP contribution in [0.1, 0.15) is 27.8 Å². The molecule has 0 aliphatic carbocycles. The molecule has 0 amide bonds. The van der Waals surface area contributed by atoms with Gasteiger partial charge in [0.2, 0.25) is 5.89 Å². The average Bonchev–Trinajstić information content (AvgIpc) is 2.60. The molecule has 0 aliphatic heterocycles. The number of pyridine rings is 1. The Balaban J connectivity index is 2.45. The van der Waals surface area contributed by atoms with Crippen molar-refractivity contribution in [1.29, 1.82) is 0 Å². The standard InChI is InChI=1S/C12H12N2O4/c1-7-8(2)18-10(13-7)6-14-9(12(16)17)4-3-5-11(14)15/h3-5H,6H2,1-2H3,(H,16,17). The summed E-state index contributed by atoms with van der Waals surface area (Å²) in [7, 11) is 0. The molecule has 1 N–H and O–H groups in total. The van der Waals surface area contributed by atoms with Crippen LogP contribution in [0.25, 0.3) is 0 Å². The zero-order valence-electron chi connectivity index (χ0n) is 10.0. The van der Waals surface area contributed by atoms with Crippen LogP contribution in [-0.2, 0) is 6.54 Å². The first-order valence-electron chi connectivity index (χ1n) is 5.35. The second kappa shape index (κ2) is 4.48. The lowest BCUT2D eigenvalue weighted by atomic mass is 10.3. The van der Waals surface area contributed by atoms with Crippen molar-refractivity contribution in [3.05, 3.63) is 51.6 Å². The molecule has 0 aliphatic rings. The van der Waals surface area contributed by atoms with E-state index in [1.165, 1.54) is 18.2 Å². The minimum absolute atomic E-state index is 0.00991. The lowest BCUT2D eigenvalue weighted by Gasteiger charge is -2.06. The molecule has 2 aromatic heterocycles. The number of aromatic carboxylic acids is 1. The van der Waals surface area contributed by atoms with Gasteiger partial charge in [-0.25, -0.2) is 9.78 Å². The summed E-state index contributed by atoms with van der Waals surface area (Å²) < 4.78 is 6.46. The number of aryl methyl sites for hydroxylation is 2. The monoisotopic (exact) mass is 248 g/mol. The SMILES string of the molecule is Cc1nc(Cn2c(C(=O)O)cccc2=O)oc1C. The Bertz CT molecular complexity index is 635.